The highest BCUT2D eigenvalue weighted by Crippen LogP contribution is 2.29. The minimum absolute atomic E-state index is 0.0978. The van der Waals surface area contributed by atoms with Crippen molar-refractivity contribution in [1.29, 1.82) is 0 Å². The second kappa shape index (κ2) is 6.79. The molecule has 0 amide bonds. The molecular weight excluding hydrogens is 354 g/mol. The van der Waals surface area contributed by atoms with Crippen molar-refractivity contribution in [2.75, 3.05) is 31.1 Å². The third-order valence-corrected chi connectivity index (χ3v) is 7.89. The van der Waals surface area contributed by atoms with Crippen LogP contribution in [-0.4, -0.2) is 66.4 Å². The number of hydrogen-bond donors (Lipinski definition) is 0. The van der Waals surface area contributed by atoms with E-state index in [0.717, 1.165) is 42.4 Å². The van der Waals surface area contributed by atoms with Crippen LogP contribution in [0, 0.1) is 0 Å². The molecule has 2 aliphatic heterocycles. The van der Waals surface area contributed by atoms with Crippen LogP contribution in [0.2, 0.25) is 0 Å². The van der Waals surface area contributed by atoms with E-state index < -0.39 is 9.84 Å². The van der Waals surface area contributed by atoms with Crippen LogP contribution >= 0.6 is 11.3 Å². The maximum atomic E-state index is 12.2. The van der Waals surface area contributed by atoms with Crippen LogP contribution in [0.15, 0.2) is 35.7 Å². The smallest absolute Gasteiger partial charge is 0.153 e. The van der Waals surface area contributed by atoms with E-state index in [1.807, 2.05) is 18.2 Å². The van der Waals surface area contributed by atoms with Gasteiger partial charge in [-0.1, -0.05) is 37.3 Å². The lowest BCUT2D eigenvalue weighted by Gasteiger charge is -2.43. The number of fused-ring (bicyclic) bond motifs is 1. The molecule has 134 valence electrons. The van der Waals surface area contributed by atoms with Crippen LogP contribution in [0.25, 0.3) is 10.6 Å². The van der Waals surface area contributed by atoms with Crippen molar-refractivity contribution in [3.63, 3.8) is 0 Å². The molecule has 1 aromatic heterocycles. The molecule has 0 saturated carbocycles. The van der Waals surface area contributed by atoms with Gasteiger partial charge in [-0.2, -0.15) is 0 Å². The predicted molar refractivity (Wildman–Crippen MR) is 101 cm³/mol. The van der Waals surface area contributed by atoms with Crippen LogP contribution in [-0.2, 0) is 16.4 Å². The second-order valence-corrected chi connectivity index (χ2v) is 9.83. The molecule has 0 radical (unpaired) electrons. The average Bonchev–Trinajstić information content (AvgIpc) is 3.19. The first-order chi connectivity index (χ1) is 12.1. The van der Waals surface area contributed by atoms with E-state index in [9.17, 15) is 8.42 Å². The number of sulfone groups is 1. The second-order valence-electron chi connectivity index (χ2n) is 6.82. The number of thiazole rings is 1. The van der Waals surface area contributed by atoms with Gasteiger partial charge in [-0.25, -0.2) is 13.4 Å². The number of nitrogens with zero attached hydrogens (tertiary/aromatic N) is 3. The van der Waals surface area contributed by atoms with Gasteiger partial charge in [0.15, 0.2) is 9.84 Å². The number of piperazine rings is 1. The molecule has 0 N–H and O–H groups in total. The zero-order valence-corrected chi connectivity index (χ0v) is 16.0. The number of likely N-dealkylation sites (N-methyl/N-ethyl adjacent to an activating group) is 1. The zero-order valence-electron chi connectivity index (χ0n) is 14.3. The summed E-state index contributed by atoms with van der Waals surface area (Å²) in [6.45, 7) is 5.60. The van der Waals surface area contributed by atoms with Crippen molar-refractivity contribution in [3.05, 3.63) is 41.4 Å². The van der Waals surface area contributed by atoms with Crippen LogP contribution < -0.4 is 0 Å². The highest BCUT2D eigenvalue weighted by atomic mass is 32.2. The van der Waals surface area contributed by atoms with Crippen LogP contribution in [0.4, 0.5) is 0 Å². The van der Waals surface area contributed by atoms with Crippen molar-refractivity contribution >= 4 is 21.2 Å². The first-order valence-corrected chi connectivity index (χ1v) is 11.4. The largest absolute Gasteiger partial charge is 0.297 e. The quantitative estimate of drug-likeness (QED) is 0.817. The molecule has 2 atom stereocenters. The van der Waals surface area contributed by atoms with Gasteiger partial charge in [-0.05, 0) is 6.54 Å². The van der Waals surface area contributed by atoms with Gasteiger partial charge in [0.05, 0.1) is 17.2 Å². The topological polar surface area (TPSA) is 53.5 Å². The monoisotopic (exact) mass is 377 g/mol. The van der Waals surface area contributed by atoms with Gasteiger partial charge in [0.1, 0.15) is 5.01 Å². The first-order valence-electron chi connectivity index (χ1n) is 8.74. The van der Waals surface area contributed by atoms with E-state index in [2.05, 4.69) is 34.2 Å². The van der Waals surface area contributed by atoms with Gasteiger partial charge in [0.2, 0.25) is 0 Å². The lowest BCUT2D eigenvalue weighted by atomic mass is 10.0. The highest BCUT2D eigenvalue weighted by Gasteiger charge is 2.45. The zero-order chi connectivity index (χ0) is 17.4. The average molecular weight is 378 g/mol. The number of hydrogen-bond acceptors (Lipinski definition) is 6. The van der Waals surface area contributed by atoms with Crippen molar-refractivity contribution < 1.29 is 8.42 Å². The summed E-state index contributed by atoms with van der Waals surface area (Å²) in [6.07, 6.45) is 0. The summed E-state index contributed by atoms with van der Waals surface area (Å²) < 4.78 is 24.4. The SMILES string of the molecule is CCN1CCN(Cc2csc(-c3ccccc3)n2)[C@@H]2CS(=O)(=O)C[C@@H]21. The molecule has 2 aliphatic rings. The van der Waals surface area contributed by atoms with E-state index >= 15 is 0 Å². The lowest BCUT2D eigenvalue weighted by molar-refractivity contribution is 0.0433. The lowest BCUT2D eigenvalue weighted by Crippen LogP contribution is -2.58. The standard InChI is InChI=1S/C18H23N3O2S2/c1-2-20-8-9-21(17-13-25(22,23)12-16(17)20)10-15-11-24-18(19-15)14-6-4-3-5-7-14/h3-7,11,16-17H,2,8-10,12-13H2,1H3/t16-,17+/m0/s1. The third-order valence-electron chi connectivity index (χ3n) is 5.25. The van der Waals surface area contributed by atoms with Gasteiger partial charge in [0, 0.05) is 42.7 Å². The van der Waals surface area contributed by atoms with Gasteiger partial charge >= 0.3 is 0 Å². The Morgan fingerprint density at radius 2 is 1.80 bits per heavy atom. The van der Waals surface area contributed by atoms with Crippen LogP contribution in [0.5, 0.6) is 0 Å². The van der Waals surface area contributed by atoms with Crippen LogP contribution in [0.1, 0.15) is 12.6 Å². The van der Waals surface area contributed by atoms with E-state index in [1.54, 1.807) is 11.3 Å². The number of rotatable bonds is 4. The summed E-state index contributed by atoms with van der Waals surface area (Å²) in [5.41, 5.74) is 2.17. The fraction of sp³-hybridized carbons (Fsp3) is 0.500. The summed E-state index contributed by atoms with van der Waals surface area (Å²) in [4.78, 5) is 9.42. The van der Waals surface area contributed by atoms with E-state index in [-0.39, 0.29) is 17.8 Å². The molecule has 2 saturated heterocycles. The van der Waals surface area contributed by atoms with E-state index in [1.165, 1.54) is 0 Å². The van der Waals surface area contributed by atoms with E-state index in [0.29, 0.717) is 5.75 Å². The van der Waals surface area contributed by atoms with Crippen molar-refractivity contribution in [1.82, 2.24) is 14.8 Å². The number of benzene rings is 1. The summed E-state index contributed by atoms with van der Waals surface area (Å²) in [6, 6.07) is 10.4. The summed E-state index contributed by atoms with van der Waals surface area (Å²) in [5.74, 6) is 0.582. The summed E-state index contributed by atoms with van der Waals surface area (Å²) >= 11 is 1.65. The Kier molecular flexibility index (Phi) is 4.66. The number of aromatic nitrogens is 1. The van der Waals surface area contributed by atoms with Crippen molar-refractivity contribution in [2.24, 2.45) is 0 Å². The summed E-state index contributed by atoms with van der Waals surface area (Å²) in [7, 11) is -2.94. The predicted octanol–water partition coefficient (Wildman–Crippen LogP) is 2.11. The molecule has 2 aromatic rings. The Balaban J connectivity index is 1.52. The Hall–Kier alpha value is -1.28. The minimum Gasteiger partial charge on any atom is -0.297 e. The molecular formula is C18H23N3O2S2. The Morgan fingerprint density at radius 3 is 2.52 bits per heavy atom. The molecule has 25 heavy (non-hydrogen) atoms. The molecule has 7 heteroatoms. The first kappa shape index (κ1) is 17.1. The van der Waals surface area contributed by atoms with Gasteiger partial charge in [0.25, 0.3) is 0 Å². The van der Waals surface area contributed by atoms with Crippen molar-refractivity contribution in [3.8, 4) is 10.6 Å². The maximum absolute atomic E-state index is 12.2. The molecule has 4 rings (SSSR count). The van der Waals surface area contributed by atoms with Crippen molar-refractivity contribution in [2.45, 2.75) is 25.6 Å². The van der Waals surface area contributed by atoms with Gasteiger partial charge in [-0.3, -0.25) is 9.80 Å². The van der Waals surface area contributed by atoms with E-state index in [4.69, 9.17) is 4.98 Å². The Bertz CT molecular complexity index is 835. The molecule has 0 bridgehead atoms. The van der Waals surface area contributed by atoms with Gasteiger partial charge < -0.3 is 0 Å². The molecule has 0 aliphatic carbocycles. The summed E-state index contributed by atoms with van der Waals surface area (Å²) in [5, 5.41) is 3.13. The van der Waals surface area contributed by atoms with Gasteiger partial charge in [-0.15, -0.1) is 11.3 Å². The molecule has 2 fully saturated rings. The normalized spacial score (nSPS) is 26.6. The molecule has 5 nitrogen and oxygen atoms in total. The van der Waals surface area contributed by atoms with Crippen LogP contribution in [0.3, 0.4) is 0 Å². The fourth-order valence-electron chi connectivity index (χ4n) is 3.99. The Morgan fingerprint density at radius 1 is 1.12 bits per heavy atom. The third kappa shape index (κ3) is 3.51. The molecule has 0 unspecified atom stereocenters. The Labute approximate surface area is 153 Å². The fourth-order valence-corrected chi connectivity index (χ4v) is 6.85. The minimum atomic E-state index is -2.94. The molecule has 1 aromatic carbocycles. The maximum Gasteiger partial charge on any atom is 0.153 e. The highest BCUT2D eigenvalue weighted by molar-refractivity contribution is 7.91. The molecule has 0 spiro atoms. The molecule has 3 heterocycles.